The Morgan fingerprint density at radius 2 is 1.57 bits per heavy atom. The molecule has 37 heavy (non-hydrogen) atoms. The summed E-state index contributed by atoms with van der Waals surface area (Å²) in [7, 11) is 0. The number of amides is 1. The van der Waals surface area contributed by atoms with E-state index in [1.54, 1.807) is 0 Å². The summed E-state index contributed by atoms with van der Waals surface area (Å²) < 4.78 is 0. The number of aliphatic hydroxyl groups excluding tert-OH is 1. The zero-order chi connectivity index (χ0) is 26.8. The molecule has 2 fully saturated rings. The number of hydrogen-bond donors (Lipinski definition) is 4. The molecule has 4 rings (SSSR count). The Morgan fingerprint density at radius 1 is 0.946 bits per heavy atom. The maximum atomic E-state index is 13.6. The van der Waals surface area contributed by atoms with Crippen LogP contribution >= 0.6 is 0 Å². The lowest BCUT2D eigenvalue weighted by atomic mass is 9.77. The molecule has 1 aromatic carbocycles. The van der Waals surface area contributed by atoms with E-state index in [9.17, 15) is 15.0 Å². The van der Waals surface area contributed by atoms with E-state index in [0.717, 1.165) is 38.6 Å². The van der Waals surface area contributed by atoms with Crippen molar-refractivity contribution in [3.05, 3.63) is 35.4 Å². The third-order valence-electron chi connectivity index (χ3n) is 8.01. The van der Waals surface area contributed by atoms with Crippen LogP contribution in [-0.2, 0) is 20.8 Å². The standard InChI is InChI=1S/C26H40N2O3.C2H2O4/c29-18-17-27(20-26(31)14-7-2-8-15-26)19-24(30)28-16-13-21-9-5-6-12-23(21)25(28)22-10-3-1-4-11-22;3-1(4)2(5)6/h5-6,9,12,22,25,29,31H,1-4,7-8,10-11,13-20H2;(H,3,4)(H,5,6). The van der Waals surface area contributed by atoms with Gasteiger partial charge in [0.25, 0.3) is 0 Å². The van der Waals surface area contributed by atoms with Gasteiger partial charge in [0, 0.05) is 19.6 Å². The molecule has 4 N–H and O–H groups in total. The van der Waals surface area contributed by atoms with Gasteiger partial charge in [0.2, 0.25) is 5.91 Å². The molecule has 9 nitrogen and oxygen atoms in total. The lowest BCUT2D eigenvalue weighted by Gasteiger charge is -2.44. The highest BCUT2D eigenvalue weighted by atomic mass is 16.4. The minimum absolute atomic E-state index is 0.0121. The molecule has 2 aliphatic carbocycles. The fourth-order valence-corrected chi connectivity index (χ4v) is 6.26. The van der Waals surface area contributed by atoms with Gasteiger partial charge in [-0.25, -0.2) is 9.59 Å². The lowest BCUT2D eigenvalue weighted by Crippen LogP contribution is -2.51. The Bertz CT molecular complexity index is 898. The summed E-state index contributed by atoms with van der Waals surface area (Å²) in [5.41, 5.74) is 2.02. The summed E-state index contributed by atoms with van der Waals surface area (Å²) in [5, 5.41) is 35.4. The van der Waals surface area contributed by atoms with E-state index in [4.69, 9.17) is 19.8 Å². The van der Waals surface area contributed by atoms with Gasteiger partial charge >= 0.3 is 11.9 Å². The van der Waals surface area contributed by atoms with Crippen LogP contribution in [0.4, 0.5) is 0 Å². The van der Waals surface area contributed by atoms with Gasteiger partial charge in [0.05, 0.1) is 24.8 Å². The van der Waals surface area contributed by atoms with E-state index in [0.29, 0.717) is 19.0 Å². The second-order valence-electron chi connectivity index (χ2n) is 10.7. The van der Waals surface area contributed by atoms with Gasteiger partial charge in [0.1, 0.15) is 0 Å². The average Bonchev–Trinajstić information content (AvgIpc) is 2.89. The molecule has 9 heteroatoms. The molecule has 1 amide bonds. The summed E-state index contributed by atoms with van der Waals surface area (Å²) in [4.78, 5) is 35.9. The van der Waals surface area contributed by atoms with Crippen molar-refractivity contribution in [2.45, 2.75) is 82.3 Å². The number of carbonyl (C=O) groups excluding carboxylic acids is 1. The lowest BCUT2D eigenvalue weighted by molar-refractivity contribution is -0.159. The first-order valence-corrected chi connectivity index (χ1v) is 13.6. The second kappa shape index (κ2) is 13.9. The Morgan fingerprint density at radius 3 is 2.19 bits per heavy atom. The van der Waals surface area contributed by atoms with Crippen LogP contribution in [0.15, 0.2) is 24.3 Å². The van der Waals surface area contributed by atoms with Crippen LogP contribution in [-0.4, -0.2) is 86.5 Å². The van der Waals surface area contributed by atoms with Gasteiger partial charge in [0.15, 0.2) is 0 Å². The van der Waals surface area contributed by atoms with Crippen molar-refractivity contribution in [1.29, 1.82) is 0 Å². The van der Waals surface area contributed by atoms with Gasteiger partial charge < -0.3 is 25.3 Å². The van der Waals surface area contributed by atoms with Crippen LogP contribution in [0, 0.1) is 5.92 Å². The maximum Gasteiger partial charge on any atom is 0.414 e. The number of aliphatic carboxylic acids is 2. The molecule has 0 saturated heterocycles. The number of nitrogens with zero attached hydrogens (tertiary/aromatic N) is 2. The first-order chi connectivity index (χ1) is 17.7. The van der Waals surface area contributed by atoms with Gasteiger partial charge in [-0.1, -0.05) is 62.8 Å². The fourth-order valence-electron chi connectivity index (χ4n) is 6.26. The predicted molar refractivity (Wildman–Crippen MR) is 138 cm³/mol. The zero-order valence-corrected chi connectivity index (χ0v) is 21.7. The number of hydrogen-bond acceptors (Lipinski definition) is 6. The van der Waals surface area contributed by atoms with E-state index in [1.165, 1.54) is 49.7 Å². The third-order valence-corrected chi connectivity index (χ3v) is 8.01. The van der Waals surface area contributed by atoms with Crippen LogP contribution < -0.4 is 0 Å². The fraction of sp³-hybridized carbons (Fsp3) is 0.679. The SMILES string of the molecule is O=C(CN(CCO)CC1(O)CCCCC1)N1CCc2ccccc2C1C1CCCCC1.O=C(O)C(=O)O. The predicted octanol–water partition coefficient (Wildman–Crippen LogP) is 2.84. The molecule has 2 saturated carbocycles. The molecular weight excluding hydrogens is 476 g/mol. The minimum Gasteiger partial charge on any atom is -0.473 e. The van der Waals surface area contributed by atoms with Crippen molar-refractivity contribution >= 4 is 17.8 Å². The second-order valence-corrected chi connectivity index (χ2v) is 10.7. The van der Waals surface area contributed by atoms with Crippen molar-refractivity contribution < 1.29 is 34.8 Å². The average molecular weight is 519 g/mol. The molecule has 0 bridgehead atoms. The van der Waals surface area contributed by atoms with E-state index < -0.39 is 17.5 Å². The van der Waals surface area contributed by atoms with Crippen molar-refractivity contribution in [2.24, 2.45) is 5.92 Å². The van der Waals surface area contributed by atoms with Crippen molar-refractivity contribution in [3.8, 4) is 0 Å². The number of rotatable bonds is 7. The van der Waals surface area contributed by atoms with Crippen molar-refractivity contribution in [2.75, 3.05) is 32.8 Å². The summed E-state index contributed by atoms with van der Waals surface area (Å²) in [6, 6.07) is 8.85. The smallest absolute Gasteiger partial charge is 0.414 e. The molecule has 0 spiro atoms. The Hall–Kier alpha value is -2.49. The van der Waals surface area contributed by atoms with Crippen LogP contribution in [0.25, 0.3) is 0 Å². The van der Waals surface area contributed by atoms with Gasteiger partial charge in [-0.05, 0) is 49.1 Å². The normalized spacial score (nSPS) is 21.5. The topological polar surface area (TPSA) is 139 Å². The van der Waals surface area contributed by atoms with E-state index in [2.05, 4.69) is 29.2 Å². The third kappa shape index (κ3) is 8.25. The molecule has 1 unspecified atom stereocenters. The van der Waals surface area contributed by atoms with Crippen molar-refractivity contribution in [1.82, 2.24) is 9.80 Å². The summed E-state index contributed by atoms with van der Waals surface area (Å²) in [6.07, 6.45) is 12.0. The first-order valence-electron chi connectivity index (χ1n) is 13.6. The molecule has 1 aliphatic heterocycles. The molecule has 206 valence electrons. The van der Waals surface area contributed by atoms with Gasteiger partial charge in [-0.15, -0.1) is 0 Å². The highest BCUT2D eigenvalue weighted by Gasteiger charge is 2.38. The van der Waals surface area contributed by atoms with Crippen LogP contribution in [0.2, 0.25) is 0 Å². The van der Waals surface area contributed by atoms with E-state index in [1.807, 2.05) is 4.90 Å². The highest BCUT2D eigenvalue weighted by Crippen LogP contribution is 2.42. The molecular formula is C28H42N2O7. The van der Waals surface area contributed by atoms with Crippen LogP contribution in [0.1, 0.15) is 81.4 Å². The van der Waals surface area contributed by atoms with Gasteiger partial charge in [-0.3, -0.25) is 9.69 Å². The number of benzene rings is 1. The number of carboxylic acids is 2. The Labute approximate surface area is 219 Å². The van der Waals surface area contributed by atoms with Crippen molar-refractivity contribution in [3.63, 3.8) is 0 Å². The quantitative estimate of drug-likeness (QED) is 0.404. The molecule has 1 atom stereocenters. The van der Waals surface area contributed by atoms with Gasteiger partial charge in [-0.2, -0.15) is 0 Å². The minimum atomic E-state index is -1.82. The first kappa shape index (κ1) is 29.1. The van der Waals surface area contributed by atoms with E-state index in [-0.39, 0.29) is 25.1 Å². The maximum absolute atomic E-state index is 13.6. The summed E-state index contributed by atoms with van der Waals surface area (Å²) in [6.45, 7) is 1.99. The molecule has 1 heterocycles. The number of fused-ring (bicyclic) bond motifs is 1. The largest absolute Gasteiger partial charge is 0.473 e. The molecule has 0 aromatic heterocycles. The number of carboxylic acid groups (broad SMARTS) is 2. The molecule has 1 aromatic rings. The zero-order valence-electron chi connectivity index (χ0n) is 21.7. The summed E-state index contributed by atoms with van der Waals surface area (Å²) in [5.74, 6) is -2.96. The van der Waals surface area contributed by atoms with Crippen LogP contribution in [0.5, 0.6) is 0 Å². The van der Waals surface area contributed by atoms with Crippen LogP contribution in [0.3, 0.4) is 0 Å². The Kier molecular flexibility index (Phi) is 10.9. The monoisotopic (exact) mass is 518 g/mol. The molecule has 0 radical (unpaired) electrons. The number of aliphatic hydroxyl groups is 2. The summed E-state index contributed by atoms with van der Waals surface area (Å²) >= 11 is 0. The highest BCUT2D eigenvalue weighted by molar-refractivity contribution is 6.27. The Balaban J connectivity index is 0.000000568. The number of carbonyl (C=O) groups is 3. The molecule has 3 aliphatic rings. The van der Waals surface area contributed by atoms with E-state index >= 15 is 0 Å².